The molecule has 0 radical (unpaired) electrons. The molecule has 0 aliphatic heterocycles. The zero-order chi connectivity index (χ0) is 20.2. The maximum Gasteiger partial charge on any atom is 0.253 e. The van der Waals surface area contributed by atoms with Crippen molar-refractivity contribution in [2.24, 2.45) is 0 Å². The van der Waals surface area contributed by atoms with E-state index in [4.69, 9.17) is 16.3 Å². The molecule has 0 spiro atoms. The average Bonchev–Trinajstić information content (AvgIpc) is 2.61. The summed E-state index contributed by atoms with van der Waals surface area (Å²) in [5.74, 6) is -0.117. The lowest BCUT2D eigenvalue weighted by Crippen LogP contribution is -2.31. The third-order valence-electron chi connectivity index (χ3n) is 3.77. The van der Waals surface area contributed by atoms with Crippen LogP contribution in [0.15, 0.2) is 47.4 Å². The number of nitrogens with one attached hydrogen (secondary N) is 1. The van der Waals surface area contributed by atoms with Crippen LogP contribution >= 0.6 is 11.6 Å². The van der Waals surface area contributed by atoms with E-state index in [1.54, 1.807) is 39.1 Å². The van der Waals surface area contributed by atoms with Gasteiger partial charge in [-0.25, -0.2) is 13.1 Å². The zero-order valence-corrected chi connectivity index (χ0v) is 17.3. The highest BCUT2D eigenvalue weighted by Gasteiger charge is 2.23. The molecule has 0 saturated carbocycles. The van der Waals surface area contributed by atoms with Crippen molar-refractivity contribution < 1.29 is 17.9 Å². The van der Waals surface area contributed by atoms with Crippen LogP contribution in [0.2, 0.25) is 5.02 Å². The molecule has 0 aliphatic rings. The van der Waals surface area contributed by atoms with Gasteiger partial charge in [0.15, 0.2) is 0 Å². The highest BCUT2D eigenvalue weighted by molar-refractivity contribution is 7.89. The summed E-state index contributed by atoms with van der Waals surface area (Å²) in [5.41, 5.74) is 1.18. The monoisotopic (exact) mass is 410 g/mol. The first-order valence-electron chi connectivity index (χ1n) is 8.34. The molecular weight excluding hydrogens is 388 g/mol. The highest BCUT2D eigenvalue weighted by atomic mass is 35.5. The minimum absolute atomic E-state index is 0.0653. The van der Waals surface area contributed by atoms with Gasteiger partial charge in [-0.1, -0.05) is 23.7 Å². The summed E-state index contributed by atoms with van der Waals surface area (Å²) in [5, 5.41) is 0.621. The molecule has 6 nitrogen and oxygen atoms in total. The number of nitrogens with zero attached hydrogens (tertiary/aromatic N) is 1. The second kappa shape index (κ2) is 8.73. The summed E-state index contributed by atoms with van der Waals surface area (Å²) >= 11 is 5.88. The van der Waals surface area contributed by atoms with Crippen LogP contribution in [0.25, 0.3) is 0 Å². The number of hydrogen-bond donors (Lipinski definition) is 1. The van der Waals surface area contributed by atoms with Crippen molar-refractivity contribution in [1.82, 2.24) is 9.62 Å². The molecule has 1 amide bonds. The standard InChI is InChI=1S/C19H23ClN2O4S/c1-13(2)21-27(24,25)18-11-15(7-10-17(18)26-4)19(23)22(3)12-14-5-8-16(20)9-6-14/h5-11,13,21H,12H2,1-4H3. The lowest BCUT2D eigenvalue weighted by molar-refractivity contribution is 0.0785. The lowest BCUT2D eigenvalue weighted by Gasteiger charge is -2.19. The van der Waals surface area contributed by atoms with E-state index in [2.05, 4.69) is 4.72 Å². The Morgan fingerprint density at radius 1 is 1.19 bits per heavy atom. The minimum Gasteiger partial charge on any atom is -0.495 e. The van der Waals surface area contributed by atoms with Crippen LogP contribution in [0.5, 0.6) is 5.75 Å². The van der Waals surface area contributed by atoms with Crippen LogP contribution in [-0.4, -0.2) is 39.4 Å². The second-order valence-corrected chi connectivity index (χ2v) is 8.55. The third-order valence-corrected chi connectivity index (χ3v) is 5.70. The summed E-state index contributed by atoms with van der Waals surface area (Å²) in [6.07, 6.45) is 0. The molecule has 1 N–H and O–H groups in total. The molecule has 0 heterocycles. The van der Waals surface area contributed by atoms with E-state index >= 15 is 0 Å². The number of ether oxygens (including phenoxy) is 1. The van der Waals surface area contributed by atoms with Gasteiger partial charge in [-0.15, -0.1) is 0 Å². The summed E-state index contributed by atoms with van der Waals surface area (Å²) in [7, 11) is -0.767. The first-order valence-corrected chi connectivity index (χ1v) is 10.2. The van der Waals surface area contributed by atoms with Crippen molar-refractivity contribution in [1.29, 1.82) is 0 Å². The number of carbonyl (C=O) groups excluding carboxylic acids is 1. The molecule has 0 atom stereocenters. The van der Waals surface area contributed by atoms with E-state index in [0.717, 1.165) is 5.56 Å². The Hall–Kier alpha value is -2.09. The van der Waals surface area contributed by atoms with Crippen molar-refractivity contribution in [3.63, 3.8) is 0 Å². The number of hydrogen-bond acceptors (Lipinski definition) is 4. The van der Waals surface area contributed by atoms with Gasteiger partial charge in [0.25, 0.3) is 5.91 Å². The van der Waals surface area contributed by atoms with Gasteiger partial charge in [-0.05, 0) is 49.7 Å². The summed E-state index contributed by atoms with van der Waals surface area (Å²) < 4.78 is 32.8. The first-order chi connectivity index (χ1) is 12.6. The maximum absolute atomic E-state index is 12.8. The fraction of sp³-hybridized carbons (Fsp3) is 0.316. The minimum atomic E-state index is -3.81. The van der Waals surface area contributed by atoms with E-state index < -0.39 is 10.0 Å². The molecule has 146 valence electrons. The smallest absolute Gasteiger partial charge is 0.253 e. The normalized spacial score (nSPS) is 11.5. The van der Waals surface area contributed by atoms with Crippen LogP contribution in [0.3, 0.4) is 0 Å². The number of rotatable bonds is 7. The van der Waals surface area contributed by atoms with E-state index in [1.807, 2.05) is 12.1 Å². The number of carbonyl (C=O) groups is 1. The van der Waals surface area contributed by atoms with Gasteiger partial charge in [0.2, 0.25) is 10.0 Å². The third kappa shape index (κ3) is 5.45. The average molecular weight is 411 g/mol. The molecule has 0 fully saturated rings. The van der Waals surface area contributed by atoms with Crippen molar-refractivity contribution in [2.75, 3.05) is 14.2 Å². The van der Waals surface area contributed by atoms with Crippen LogP contribution in [0.4, 0.5) is 0 Å². The molecule has 0 aliphatic carbocycles. The molecule has 0 saturated heterocycles. The number of methoxy groups -OCH3 is 1. The fourth-order valence-electron chi connectivity index (χ4n) is 2.55. The Balaban J connectivity index is 2.30. The fourth-order valence-corrected chi connectivity index (χ4v) is 4.12. The lowest BCUT2D eigenvalue weighted by atomic mass is 10.1. The van der Waals surface area contributed by atoms with E-state index in [1.165, 1.54) is 24.1 Å². The summed E-state index contributed by atoms with van der Waals surface area (Å²) in [6.45, 7) is 3.81. The summed E-state index contributed by atoms with van der Waals surface area (Å²) in [6, 6.07) is 11.3. The molecule has 0 unspecified atom stereocenters. The number of benzene rings is 2. The molecule has 0 aromatic heterocycles. The summed E-state index contributed by atoms with van der Waals surface area (Å²) in [4.78, 5) is 14.2. The van der Waals surface area contributed by atoms with Crippen LogP contribution in [-0.2, 0) is 16.6 Å². The second-order valence-electron chi connectivity index (χ2n) is 6.43. The Morgan fingerprint density at radius 3 is 2.37 bits per heavy atom. The van der Waals surface area contributed by atoms with Crippen molar-refractivity contribution >= 4 is 27.5 Å². The highest BCUT2D eigenvalue weighted by Crippen LogP contribution is 2.26. The number of halogens is 1. The SMILES string of the molecule is COc1ccc(C(=O)N(C)Cc2ccc(Cl)cc2)cc1S(=O)(=O)NC(C)C. The van der Waals surface area contributed by atoms with Gasteiger partial charge in [0.05, 0.1) is 7.11 Å². The Morgan fingerprint density at radius 2 is 1.81 bits per heavy atom. The molecule has 0 bridgehead atoms. The first kappa shape index (κ1) is 21.2. The molecule has 2 aromatic rings. The van der Waals surface area contributed by atoms with Crippen molar-refractivity contribution in [2.45, 2.75) is 31.3 Å². The maximum atomic E-state index is 12.8. The van der Waals surface area contributed by atoms with Crippen LogP contribution in [0.1, 0.15) is 29.8 Å². The van der Waals surface area contributed by atoms with Gasteiger partial charge >= 0.3 is 0 Å². The van der Waals surface area contributed by atoms with Gasteiger partial charge in [0.1, 0.15) is 10.6 Å². The van der Waals surface area contributed by atoms with Crippen molar-refractivity contribution in [3.8, 4) is 5.75 Å². The topological polar surface area (TPSA) is 75.7 Å². The van der Waals surface area contributed by atoms with Gasteiger partial charge in [0, 0.05) is 30.2 Å². The predicted octanol–water partition coefficient (Wildman–Crippen LogP) is 3.31. The Kier molecular flexibility index (Phi) is 6.86. The van der Waals surface area contributed by atoms with E-state index in [-0.39, 0.29) is 28.2 Å². The van der Waals surface area contributed by atoms with Crippen LogP contribution in [0, 0.1) is 0 Å². The quantitative estimate of drug-likeness (QED) is 0.759. The van der Waals surface area contributed by atoms with Crippen LogP contribution < -0.4 is 9.46 Å². The Labute approximate surface area is 165 Å². The Bertz CT molecular complexity index is 912. The van der Waals surface area contributed by atoms with E-state index in [0.29, 0.717) is 11.6 Å². The molecule has 8 heteroatoms. The zero-order valence-electron chi connectivity index (χ0n) is 15.7. The molecular formula is C19H23ClN2O4S. The van der Waals surface area contributed by atoms with E-state index in [9.17, 15) is 13.2 Å². The van der Waals surface area contributed by atoms with Gasteiger partial charge in [-0.3, -0.25) is 4.79 Å². The van der Waals surface area contributed by atoms with Crippen molar-refractivity contribution in [3.05, 3.63) is 58.6 Å². The molecule has 27 heavy (non-hydrogen) atoms. The molecule has 2 rings (SSSR count). The largest absolute Gasteiger partial charge is 0.495 e. The van der Waals surface area contributed by atoms with Gasteiger partial charge in [-0.2, -0.15) is 0 Å². The van der Waals surface area contributed by atoms with Gasteiger partial charge < -0.3 is 9.64 Å². The molecule has 2 aromatic carbocycles. The predicted molar refractivity (Wildman–Crippen MR) is 106 cm³/mol. The number of amides is 1. The number of sulfonamides is 1.